The van der Waals surface area contributed by atoms with Crippen LogP contribution < -0.4 is 5.32 Å². The van der Waals surface area contributed by atoms with Crippen LogP contribution in [0.3, 0.4) is 0 Å². The van der Waals surface area contributed by atoms with Gasteiger partial charge in [-0.15, -0.1) is 0 Å². The molecule has 0 bridgehead atoms. The first-order valence-electron chi connectivity index (χ1n) is 5.93. The average Bonchev–Trinajstić information content (AvgIpc) is 2.42. The average molecular weight is 307 g/mol. The zero-order chi connectivity index (χ0) is 15.6. The van der Waals surface area contributed by atoms with E-state index < -0.39 is 10.8 Å². The van der Waals surface area contributed by atoms with Crippen molar-refractivity contribution in [1.29, 1.82) is 0 Å². The van der Waals surface area contributed by atoms with Crippen molar-refractivity contribution in [3.63, 3.8) is 0 Å². The van der Waals surface area contributed by atoms with Crippen molar-refractivity contribution >= 4 is 28.9 Å². The molecule has 2 N–H and O–H groups in total. The summed E-state index contributed by atoms with van der Waals surface area (Å²) < 4.78 is 0. The summed E-state index contributed by atoms with van der Waals surface area (Å²) in [7, 11) is 0. The number of carbonyl (C=O) groups excluding carboxylic acids is 1. The van der Waals surface area contributed by atoms with E-state index in [1.165, 1.54) is 18.2 Å². The lowest BCUT2D eigenvalue weighted by Gasteiger charge is -2.07. The fourth-order valence-electron chi connectivity index (χ4n) is 1.73. The molecule has 0 saturated heterocycles. The molecule has 0 fully saturated rings. The second kappa shape index (κ2) is 5.80. The molecule has 7 heteroatoms. The van der Waals surface area contributed by atoms with Gasteiger partial charge in [0.15, 0.2) is 0 Å². The van der Waals surface area contributed by atoms with Gasteiger partial charge in [-0.25, -0.2) is 0 Å². The molecular weight excluding hydrogens is 296 g/mol. The number of amides is 1. The number of hydrogen-bond donors (Lipinski definition) is 2. The molecule has 0 atom stereocenters. The summed E-state index contributed by atoms with van der Waals surface area (Å²) in [5.41, 5.74) is 0.513. The first-order valence-corrected chi connectivity index (χ1v) is 6.31. The molecular formula is C14H11ClN2O4. The Bertz CT molecular complexity index is 731. The molecule has 0 heterocycles. The van der Waals surface area contributed by atoms with Gasteiger partial charge < -0.3 is 10.4 Å². The van der Waals surface area contributed by atoms with Crippen molar-refractivity contribution in [3.05, 3.63) is 62.7 Å². The number of aromatic hydroxyl groups is 1. The molecule has 0 aliphatic heterocycles. The highest BCUT2D eigenvalue weighted by molar-refractivity contribution is 6.31. The van der Waals surface area contributed by atoms with E-state index in [4.69, 9.17) is 11.6 Å². The number of phenols is 1. The molecule has 21 heavy (non-hydrogen) atoms. The number of nitrogens with one attached hydrogen (secondary N) is 1. The minimum absolute atomic E-state index is 0.0263. The maximum absolute atomic E-state index is 12.1. The lowest BCUT2D eigenvalue weighted by atomic mass is 10.1. The van der Waals surface area contributed by atoms with Gasteiger partial charge in [0.2, 0.25) is 0 Å². The molecule has 0 unspecified atom stereocenters. The van der Waals surface area contributed by atoms with Crippen LogP contribution in [0.2, 0.25) is 5.02 Å². The number of nitro groups is 1. The Hall–Kier alpha value is -2.60. The Morgan fingerprint density at radius 3 is 2.62 bits per heavy atom. The van der Waals surface area contributed by atoms with E-state index in [1.54, 1.807) is 19.1 Å². The van der Waals surface area contributed by atoms with Crippen LogP contribution in [0, 0.1) is 17.0 Å². The molecule has 2 aromatic rings. The monoisotopic (exact) mass is 306 g/mol. The van der Waals surface area contributed by atoms with Gasteiger partial charge in [0.1, 0.15) is 11.3 Å². The van der Waals surface area contributed by atoms with E-state index in [1.807, 2.05) is 0 Å². The molecule has 0 aliphatic carbocycles. The van der Waals surface area contributed by atoms with Gasteiger partial charge in [-0.05, 0) is 30.7 Å². The van der Waals surface area contributed by atoms with Crippen LogP contribution in [0.1, 0.15) is 15.9 Å². The van der Waals surface area contributed by atoms with Gasteiger partial charge in [0.05, 0.1) is 4.92 Å². The molecule has 2 rings (SSSR count). The van der Waals surface area contributed by atoms with Crippen molar-refractivity contribution in [2.75, 3.05) is 5.32 Å². The summed E-state index contributed by atoms with van der Waals surface area (Å²) in [4.78, 5) is 22.4. The van der Waals surface area contributed by atoms with Crippen molar-refractivity contribution in [2.45, 2.75) is 6.92 Å². The predicted octanol–water partition coefficient (Wildman–Crippen LogP) is 3.51. The van der Waals surface area contributed by atoms with Gasteiger partial charge in [-0.3, -0.25) is 14.9 Å². The normalized spacial score (nSPS) is 10.2. The maximum atomic E-state index is 12.1. The van der Waals surface area contributed by atoms with Crippen LogP contribution in [0.15, 0.2) is 36.4 Å². The number of nitro benzene ring substituents is 1. The van der Waals surface area contributed by atoms with Crippen molar-refractivity contribution in [1.82, 2.24) is 0 Å². The fraction of sp³-hybridized carbons (Fsp3) is 0.0714. The third kappa shape index (κ3) is 3.29. The number of hydrogen-bond acceptors (Lipinski definition) is 4. The van der Waals surface area contributed by atoms with Gasteiger partial charge in [0, 0.05) is 22.8 Å². The van der Waals surface area contributed by atoms with Gasteiger partial charge >= 0.3 is 0 Å². The topological polar surface area (TPSA) is 92.5 Å². The van der Waals surface area contributed by atoms with E-state index in [2.05, 4.69) is 5.32 Å². The highest BCUT2D eigenvalue weighted by atomic mass is 35.5. The number of carbonyl (C=O) groups is 1. The fourth-order valence-corrected chi connectivity index (χ4v) is 1.90. The lowest BCUT2D eigenvalue weighted by Crippen LogP contribution is -2.13. The largest absolute Gasteiger partial charge is 0.508 e. The molecule has 108 valence electrons. The molecule has 0 radical (unpaired) electrons. The lowest BCUT2D eigenvalue weighted by molar-refractivity contribution is -0.385. The third-order valence-corrected chi connectivity index (χ3v) is 3.10. The third-order valence-electron chi connectivity index (χ3n) is 2.87. The highest BCUT2D eigenvalue weighted by Crippen LogP contribution is 2.25. The number of aryl methyl sites for hydroxylation is 1. The number of phenolic OH excluding ortho intramolecular Hbond substituents is 1. The molecule has 0 spiro atoms. The Kier molecular flexibility index (Phi) is 4.09. The van der Waals surface area contributed by atoms with E-state index >= 15 is 0 Å². The maximum Gasteiger partial charge on any atom is 0.283 e. The minimum atomic E-state index is -0.673. The number of anilines is 1. The van der Waals surface area contributed by atoms with Crippen molar-refractivity contribution < 1.29 is 14.8 Å². The van der Waals surface area contributed by atoms with Crippen LogP contribution in [0.5, 0.6) is 5.75 Å². The quantitative estimate of drug-likeness (QED) is 0.670. The van der Waals surface area contributed by atoms with Crippen LogP contribution >= 0.6 is 11.6 Å². The van der Waals surface area contributed by atoms with Crippen molar-refractivity contribution in [3.8, 4) is 5.75 Å². The number of benzene rings is 2. The van der Waals surface area contributed by atoms with Gasteiger partial charge in [0.25, 0.3) is 11.6 Å². The second-order valence-corrected chi connectivity index (χ2v) is 4.81. The second-order valence-electron chi connectivity index (χ2n) is 4.37. The summed E-state index contributed by atoms with van der Waals surface area (Å²) in [6.07, 6.45) is 0. The molecule has 0 aromatic heterocycles. The Morgan fingerprint density at radius 1 is 1.29 bits per heavy atom. The summed E-state index contributed by atoms with van der Waals surface area (Å²) in [5, 5.41) is 23.2. The summed E-state index contributed by atoms with van der Waals surface area (Å²) in [5.74, 6) is -0.625. The standard InChI is InChI=1S/C14H11ClN2O4/c1-8-2-4-10(7-13(8)18)16-14(19)11-5-3-9(15)6-12(11)17(20)21/h2-7,18H,1H3,(H,16,19). The zero-order valence-electron chi connectivity index (χ0n) is 11.0. The van der Waals surface area contributed by atoms with Crippen LogP contribution in [-0.2, 0) is 0 Å². The van der Waals surface area contributed by atoms with E-state index in [0.29, 0.717) is 11.3 Å². The Labute approximate surface area is 125 Å². The van der Waals surface area contributed by atoms with E-state index in [-0.39, 0.29) is 22.0 Å². The summed E-state index contributed by atoms with van der Waals surface area (Å²) >= 11 is 5.69. The van der Waals surface area contributed by atoms with E-state index in [0.717, 1.165) is 6.07 Å². The SMILES string of the molecule is Cc1ccc(NC(=O)c2ccc(Cl)cc2[N+](=O)[O-])cc1O. The molecule has 2 aromatic carbocycles. The Balaban J connectivity index is 2.32. The number of rotatable bonds is 3. The van der Waals surface area contributed by atoms with Crippen LogP contribution in [-0.4, -0.2) is 15.9 Å². The Morgan fingerprint density at radius 2 is 2.00 bits per heavy atom. The summed E-state index contributed by atoms with van der Waals surface area (Å²) in [6, 6.07) is 8.38. The summed E-state index contributed by atoms with van der Waals surface area (Å²) in [6.45, 7) is 1.71. The first kappa shape index (κ1) is 14.8. The van der Waals surface area contributed by atoms with Crippen LogP contribution in [0.25, 0.3) is 0 Å². The predicted molar refractivity (Wildman–Crippen MR) is 78.9 cm³/mol. The number of halogens is 1. The molecule has 0 saturated carbocycles. The zero-order valence-corrected chi connectivity index (χ0v) is 11.7. The minimum Gasteiger partial charge on any atom is -0.508 e. The molecule has 1 amide bonds. The first-order chi connectivity index (χ1) is 9.88. The number of nitrogens with zero attached hydrogens (tertiary/aromatic N) is 1. The van der Waals surface area contributed by atoms with Crippen molar-refractivity contribution in [2.24, 2.45) is 0 Å². The van der Waals surface area contributed by atoms with Gasteiger partial charge in [-0.2, -0.15) is 0 Å². The highest BCUT2D eigenvalue weighted by Gasteiger charge is 2.20. The van der Waals surface area contributed by atoms with Gasteiger partial charge in [-0.1, -0.05) is 17.7 Å². The molecule has 0 aliphatic rings. The molecule has 6 nitrogen and oxygen atoms in total. The van der Waals surface area contributed by atoms with Crippen LogP contribution in [0.4, 0.5) is 11.4 Å². The van der Waals surface area contributed by atoms with E-state index in [9.17, 15) is 20.0 Å². The smallest absolute Gasteiger partial charge is 0.283 e.